The molecule has 0 heterocycles. The number of carbonyl (C=O) groups is 2. The SMILES string of the molecule is CCC(=O)NC(=S)Nc1ccc(NC(=O)c2ccc([N+](=O)[O-])c(C)c2)cc1. The van der Waals surface area contributed by atoms with Crippen LogP contribution in [-0.4, -0.2) is 21.9 Å². The van der Waals surface area contributed by atoms with Gasteiger partial charge in [0, 0.05) is 35.0 Å². The average Bonchev–Trinajstić information content (AvgIpc) is 2.62. The van der Waals surface area contributed by atoms with E-state index in [9.17, 15) is 19.7 Å². The number of nitro groups is 1. The lowest BCUT2D eigenvalue weighted by Gasteiger charge is -2.10. The summed E-state index contributed by atoms with van der Waals surface area (Å²) in [5, 5.41) is 19.2. The summed E-state index contributed by atoms with van der Waals surface area (Å²) in [5.74, 6) is -0.561. The molecule has 0 radical (unpaired) electrons. The van der Waals surface area contributed by atoms with Gasteiger partial charge in [-0.25, -0.2) is 0 Å². The van der Waals surface area contributed by atoms with Crippen molar-refractivity contribution in [2.45, 2.75) is 20.3 Å². The van der Waals surface area contributed by atoms with Gasteiger partial charge in [0.15, 0.2) is 5.11 Å². The molecule has 2 aromatic rings. The number of benzene rings is 2. The number of rotatable bonds is 5. The van der Waals surface area contributed by atoms with Crippen LogP contribution in [0.2, 0.25) is 0 Å². The van der Waals surface area contributed by atoms with Gasteiger partial charge in [0.2, 0.25) is 5.91 Å². The molecule has 0 unspecified atom stereocenters. The van der Waals surface area contributed by atoms with Gasteiger partial charge in [0.1, 0.15) is 0 Å². The smallest absolute Gasteiger partial charge is 0.272 e. The molecule has 0 bridgehead atoms. The number of nitrogens with one attached hydrogen (secondary N) is 3. The third-order valence-electron chi connectivity index (χ3n) is 3.63. The van der Waals surface area contributed by atoms with Crippen LogP contribution in [0.15, 0.2) is 42.5 Å². The van der Waals surface area contributed by atoms with Crippen LogP contribution in [0.25, 0.3) is 0 Å². The van der Waals surface area contributed by atoms with E-state index in [-0.39, 0.29) is 22.6 Å². The Balaban J connectivity index is 2.00. The number of amides is 2. The molecule has 3 N–H and O–H groups in total. The van der Waals surface area contributed by atoms with Crippen LogP contribution in [0.3, 0.4) is 0 Å². The highest BCUT2D eigenvalue weighted by Crippen LogP contribution is 2.20. The Morgan fingerprint density at radius 2 is 1.67 bits per heavy atom. The molecule has 8 nitrogen and oxygen atoms in total. The lowest BCUT2D eigenvalue weighted by Crippen LogP contribution is -2.33. The number of carbonyl (C=O) groups excluding carboxylic acids is 2. The molecular weight excluding hydrogens is 368 g/mol. The molecule has 2 amide bonds. The number of hydrogen-bond donors (Lipinski definition) is 3. The van der Waals surface area contributed by atoms with Crippen LogP contribution >= 0.6 is 12.2 Å². The molecule has 2 rings (SSSR count). The summed E-state index contributed by atoms with van der Waals surface area (Å²) in [7, 11) is 0. The summed E-state index contributed by atoms with van der Waals surface area (Å²) in [6, 6.07) is 10.9. The summed E-state index contributed by atoms with van der Waals surface area (Å²) in [6.45, 7) is 3.30. The molecule has 0 spiro atoms. The molecule has 0 aromatic heterocycles. The highest BCUT2D eigenvalue weighted by Gasteiger charge is 2.14. The van der Waals surface area contributed by atoms with Crippen molar-refractivity contribution >= 4 is 46.2 Å². The van der Waals surface area contributed by atoms with Crippen molar-refractivity contribution in [2.24, 2.45) is 0 Å². The van der Waals surface area contributed by atoms with Crippen LogP contribution in [0, 0.1) is 17.0 Å². The second kappa shape index (κ2) is 8.86. The Morgan fingerprint density at radius 1 is 1.07 bits per heavy atom. The highest BCUT2D eigenvalue weighted by atomic mass is 32.1. The minimum atomic E-state index is -0.490. The Labute approximate surface area is 161 Å². The quantitative estimate of drug-likeness (QED) is 0.412. The van der Waals surface area contributed by atoms with Gasteiger partial charge in [-0.05, 0) is 55.5 Å². The van der Waals surface area contributed by atoms with Crippen LogP contribution in [0.5, 0.6) is 0 Å². The first kappa shape index (κ1) is 20.0. The van der Waals surface area contributed by atoms with Gasteiger partial charge in [-0.1, -0.05) is 6.92 Å². The molecule has 0 saturated heterocycles. The molecule has 0 aliphatic rings. The fourth-order valence-corrected chi connectivity index (χ4v) is 2.45. The topological polar surface area (TPSA) is 113 Å². The Bertz CT molecular complexity index is 897. The largest absolute Gasteiger partial charge is 0.332 e. The summed E-state index contributed by atoms with van der Waals surface area (Å²) in [5.41, 5.74) is 1.90. The molecule has 0 saturated carbocycles. The zero-order valence-electron chi connectivity index (χ0n) is 14.7. The predicted molar refractivity (Wildman–Crippen MR) is 107 cm³/mol. The van der Waals surface area contributed by atoms with Gasteiger partial charge in [-0.3, -0.25) is 19.7 Å². The summed E-state index contributed by atoms with van der Waals surface area (Å²) in [4.78, 5) is 33.9. The van der Waals surface area contributed by atoms with E-state index in [1.807, 2.05) is 0 Å². The van der Waals surface area contributed by atoms with Crippen molar-refractivity contribution in [1.82, 2.24) is 5.32 Å². The van der Waals surface area contributed by atoms with Gasteiger partial charge in [0.25, 0.3) is 11.6 Å². The molecule has 2 aromatic carbocycles. The first-order chi connectivity index (χ1) is 12.8. The number of nitrogens with zero attached hydrogens (tertiary/aromatic N) is 1. The van der Waals surface area contributed by atoms with Crippen molar-refractivity contribution in [1.29, 1.82) is 0 Å². The van der Waals surface area contributed by atoms with E-state index >= 15 is 0 Å². The zero-order valence-corrected chi connectivity index (χ0v) is 15.6. The standard InChI is InChI=1S/C18H18N4O4S/c1-3-16(23)21-18(27)20-14-7-5-13(6-8-14)19-17(24)12-4-9-15(22(25)26)11(2)10-12/h4-10H,3H2,1-2H3,(H,19,24)(H2,20,21,23,27). The zero-order chi connectivity index (χ0) is 20.0. The molecule has 0 aliphatic carbocycles. The maximum absolute atomic E-state index is 12.3. The van der Waals surface area contributed by atoms with Crippen molar-refractivity contribution in [3.05, 3.63) is 63.7 Å². The number of thiocarbonyl (C=S) groups is 1. The number of aryl methyl sites for hydroxylation is 1. The Kier molecular flexibility index (Phi) is 6.56. The summed E-state index contributed by atoms with van der Waals surface area (Å²) < 4.78 is 0. The van der Waals surface area contributed by atoms with Gasteiger partial charge >= 0.3 is 0 Å². The fraction of sp³-hybridized carbons (Fsp3) is 0.167. The predicted octanol–water partition coefficient (Wildman–Crippen LogP) is 3.38. The van der Waals surface area contributed by atoms with Crippen molar-refractivity contribution < 1.29 is 14.5 Å². The normalized spacial score (nSPS) is 10.0. The first-order valence-electron chi connectivity index (χ1n) is 8.07. The van der Waals surface area contributed by atoms with Crippen molar-refractivity contribution in [3.8, 4) is 0 Å². The second-order valence-electron chi connectivity index (χ2n) is 5.65. The van der Waals surface area contributed by atoms with Crippen LogP contribution in [-0.2, 0) is 4.79 Å². The van der Waals surface area contributed by atoms with Gasteiger partial charge in [-0.2, -0.15) is 0 Å². The third kappa shape index (κ3) is 5.58. The maximum Gasteiger partial charge on any atom is 0.272 e. The number of nitro benzene ring substituents is 1. The van der Waals surface area contributed by atoms with Gasteiger partial charge in [0.05, 0.1) is 4.92 Å². The van der Waals surface area contributed by atoms with E-state index in [0.717, 1.165) is 0 Å². The molecule has 0 fully saturated rings. The van der Waals surface area contributed by atoms with E-state index in [0.29, 0.717) is 28.9 Å². The third-order valence-corrected chi connectivity index (χ3v) is 3.83. The monoisotopic (exact) mass is 386 g/mol. The van der Waals surface area contributed by atoms with E-state index in [1.165, 1.54) is 18.2 Å². The summed E-state index contributed by atoms with van der Waals surface area (Å²) >= 11 is 5.03. The minimum absolute atomic E-state index is 0.0342. The van der Waals surface area contributed by atoms with E-state index in [1.54, 1.807) is 38.1 Å². The lowest BCUT2D eigenvalue weighted by molar-refractivity contribution is -0.385. The lowest BCUT2D eigenvalue weighted by atomic mass is 10.1. The van der Waals surface area contributed by atoms with Crippen molar-refractivity contribution in [2.75, 3.05) is 10.6 Å². The molecule has 0 aliphatic heterocycles. The molecule has 0 atom stereocenters. The number of hydrogen-bond acceptors (Lipinski definition) is 5. The summed E-state index contributed by atoms with van der Waals surface area (Å²) in [6.07, 6.45) is 0.328. The maximum atomic E-state index is 12.3. The second-order valence-corrected chi connectivity index (χ2v) is 6.05. The van der Waals surface area contributed by atoms with Gasteiger partial charge < -0.3 is 16.0 Å². The van der Waals surface area contributed by atoms with Crippen LogP contribution in [0.4, 0.5) is 17.1 Å². The Hall–Kier alpha value is -3.33. The fourth-order valence-electron chi connectivity index (χ4n) is 2.22. The Morgan fingerprint density at radius 3 is 2.19 bits per heavy atom. The highest BCUT2D eigenvalue weighted by molar-refractivity contribution is 7.80. The van der Waals surface area contributed by atoms with Crippen LogP contribution < -0.4 is 16.0 Å². The van der Waals surface area contributed by atoms with Crippen LogP contribution in [0.1, 0.15) is 29.3 Å². The van der Waals surface area contributed by atoms with Crippen molar-refractivity contribution in [3.63, 3.8) is 0 Å². The van der Waals surface area contributed by atoms with Gasteiger partial charge in [-0.15, -0.1) is 0 Å². The average molecular weight is 386 g/mol. The first-order valence-corrected chi connectivity index (χ1v) is 8.48. The van der Waals surface area contributed by atoms with E-state index in [2.05, 4.69) is 16.0 Å². The molecule has 9 heteroatoms. The van der Waals surface area contributed by atoms with E-state index in [4.69, 9.17) is 12.2 Å². The van der Waals surface area contributed by atoms with E-state index < -0.39 is 4.92 Å². The minimum Gasteiger partial charge on any atom is -0.332 e. The molecular formula is C18H18N4O4S. The molecule has 27 heavy (non-hydrogen) atoms. The molecule has 140 valence electrons. The number of anilines is 2.